The van der Waals surface area contributed by atoms with Gasteiger partial charge in [0.15, 0.2) is 0 Å². The maximum absolute atomic E-state index is 13.9. The van der Waals surface area contributed by atoms with Gasteiger partial charge in [-0.3, -0.25) is 4.79 Å². The van der Waals surface area contributed by atoms with Gasteiger partial charge in [-0.2, -0.15) is 18.2 Å². The Morgan fingerprint density at radius 2 is 1.74 bits per heavy atom. The lowest BCUT2D eigenvalue weighted by molar-refractivity contribution is -0.137. The quantitative estimate of drug-likeness (QED) is 0.430. The molecule has 5 rings (SSSR count). The van der Waals surface area contributed by atoms with Crippen LogP contribution in [0.25, 0.3) is 0 Å². The fourth-order valence-corrected chi connectivity index (χ4v) is 4.48. The third kappa shape index (κ3) is 6.00. The minimum Gasteiger partial charge on any atom is -0.490 e. The lowest BCUT2D eigenvalue weighted by atomic mass is 10.1. The molecule has 0 aliphatic carbocycles. The van der Waals surface area contributed by atoms with Gasteiger partial charge in [-0.05, 0) is 57.3 Å². The fourth-order valence-electron chi connectivity index (χ4n) is 4.48. The van der Waals surface area contributed by atoms with Gasteiger partial charge in [0, 0.05) is 43.8 Å². The van der Waals surface area contributed by atoms with Gasteiger partial charge in [0.1, 0.15) is 29.3 Å². The van der Waals surface area contributed by atoms with Gasteiger partial charge in [0.05, 0.1) is 11.2 Å². The van der Waals surface area contributed by atoms with Crippen LogP contribution in [0.1, 0.15) is 29.8 Å². The van der Waals surface area contributed by atoms with Crippen LogP contribution in [-0.2, 0) is 6.18 Å². The molecule has 2 aliphatic heterocycles. The van der Waals surface area contributed by atoms with Crippen LogP contribution < -0.4 is 25.6 Å². The van der Waals surface area contributed by atoms with Crippen molar-refractivity contribution in [1.82, 2.24) is 20.2 Å². The Kier molecular flexibility index (Phi) is 6.98. The molecule has 206 valence electrons. The number of carbonyl (C=O) groups excluding carboxylic acids is 1. The lowest BCUT2D eigenvalue weighted by Crippen LogP contribution is -2.45. The summed E-state index contributed by atoms with van der Waals surface area (Å²) in [5.74, 6) is -0.707. The summed E-state index contributed by atoms with van der Waals surface area (Å²) in [4.78, 5) is 25.6. The molecule has 0 radical (unpaired) electrons. The predicted molar refractivity (Wildman–Crippen MR) is 143 cm³/mol. The number of rotatable bonds is 5. The molecule has 0 unspecified atom stereocenters. The number of nitrogens with zero attached hydrogens (tertiary/aromatic N) is 4. The first kappa shape index (κ1) is 26.5. The van der Waals surface area contributed by atoms with Crippen molar-refractivity contribution in [1.29, 1.82) is 0 Å². The van der Waals surface area contributed by atoms with Crippen LogP contribution in [0, 0.1) is 0 Å². The number of alkyl halides is 3. The number of fused-ring (bicyclic) bond motifs is 1. The Hall–Kier alpha value is -4.06. The number of piperazine rings is 1. The summed E-state index contributed by atoms with van der Waals surface area (Å²) in [6.07, 6.45) is -4.00. The van der Waals surface area contributed by atoms with Gasteiger partial charge in [-0.1, -0.05) is 6.07 Å². The number of aromatic nitrogens is 2. The van der Waals surface area contributed by atoms with E-state index in [4.69, 9.17) is 4.74 Å². The molecule has 12 heteroatoms. The van der Waals surface area contributed by atoms with E-state index >= 15 is 0 Å². The highest BCUT2D eigenvalue weighted by Gasteiger charge is 2.36. The fraction of sp³-hybridized carbons (Fsp3) is 0.370. The summed E-state index contributed by atoms with van der Waals surface area (Å²) in [6.45, 7) is 7.60. The van der Waals surface area contributed by atoms with Crippen LogP contribution in [0.4, 0.5) is 42.0 Å². The number of nitrogens with one attached hydrogen (secondary N) is 3. The van der Waals surface area contributed by atoms with Crippen molar-refractivity contribution in [2.75, 3.05) is 55.4 Å². The number of amides is 1. The molecule has 0 saturated carbocycles. The molecule has 3 N–H and O–H groups in total. The third-order valence-corrected chi connectivity index (χ3v) is 6.63. The van der Waals surface area contributed by atoms with Crippen molar-refractivity contribution in [3.8, 4) is 5.75 Å². The summed E-state index contributed by atoms with van der Waals surface area (Å²) in [6, 6.07) is 12.3. The first-order valence-corrected chi connectivity index (χ1v) is 12.6. The zero-order valence-electron chi connectivity index (χ0n) is 21.9. The monoisotopic (exact) mass is 541 g/mol. The van der Waals surface area contributed by atoms with Crippen LogP contribution in [0.15, 0.2) is 48.7 Å². The number of carbonyl (C=O) groups is 1. The van der Waals surface area contributed by atoms with Crippen molar-refractivity contribution in [2.45, 2.75) is 25.6 Å². The Bertz CT molecular complexity index is 1350. The van der Waals surface area contributed by atoms with E-state index in [0.29, 0.717) is 5.69 Å². The molecule has 0 spiro atoms. The molecule has 1 amide bonds. The molecule has 39 heavy (non-hydrogen) atoms. The molecular weight excluding hydrogens is 511 g/mol. The molecule has 2 aromatic carbocycles. The van der Waals surface area contributed by atoms with Crippen LogP contribution in [0.3, 0.4) is 0 Å². The molecule has 0 atom stereocenters. The number of hydrogen-bond donors (Lipinski definition) is 3. The van der Waals surface area contributed by atoms with Crippen molar-refractivity contribution in [3.63, 3.8) is 0 Å². The van der Waals surface area contributed by atoms with E-state index < -0.39 is 29.0 Å². The van der Waals surface area contributed by atoms with Gasteiger partial charge < -0.3 is 30.5 Å². The van der Waals surface area contributed by atoms with Gasteiger partial charge in [-0.15, -0.1) is 0 Å². The summed E-state index contributed by atoms with van der Waals surface area (Å²) in [5.41, 5.74) is 0.209. The van der Waals surface area contributed by atoms with Crippen LogP contribution in [0.2, 0.25) is 0 Å². The van der Waals surface area contributed by atoms with Crippen LogP contribution >= 0.6 is 0 Å². The van der Waals surface area contributed by atoms with E-state index in [2.05, 4.69) is 42.8 Å². The normalized spacial score (nSPS) is 17.5. The number of likely N-dealkylation sites (N-methyl/N-ethyl adjacent to an activating group) is 1. The summed E-state index contributed by atoms with van der Waals surface area (Å²) in [5, 5.41) is 8.53. The molecular formula is C27H30F3N7O2. The number of hydrogen-bond acceptors (Lipinski definition) is 8. The molecule has 3 heterocycles. The lowest BCUT2D eigenvalue weighted by Gasteiger charge is -2.34. The SMILES string of the molecule is CN1CCN(c2ccc(Nc3ncc(C(F)(F)F)c(Nc4cccc5c4C(=O)NC(C)(C)CO5)n3)cc2)CC1. The van der Waals surface area contributed by atoms with Crippen LogP contribution in [-0.4, -0.2) is 66.1 Å². The molecule has 1 saturated heterocycles. The average molecular weight is 542 g/mol. The van der Waals surface area contributed by atoms with Crippen molar-refractivity contribution >= 4 is 34.7 Å². The number of halogens is 3. The second-order valence-electron chi connectivity index (χ2n) is 10.3. The average Bonchev–Trinajstić information content (AvgIpc) is 2.99. The highest BCUT2D eigenvalue weighted by Crippen LogP contribution is 2.38. The van der Waals surface area contributed by atoms with Gasteiger partial charge in [0.2, 0.25) is 5.95 Å². The molecule has 1 aromatic heterocycles. The number of benzene rings is 2. The number of anilines is 5. The largest absolute Gasteiger partial charge is 0.490 e. The standard InChI is InChI=1S/C27H30F3N7O2/c1-26(2)16-39-21-6-4-5-20(22(21)24(38)35-26)33-23-19(27(28,29)30)15-31-25(34-23)32-17-7-9-18(10-8-17)37-13-11-36(3)12-14-37/h4-10,15H,11-14,16H2,1-3H3,(H,35,38)(H2,31,32,33,34). The highest BCUT2D eigenvalue weighted by molar-refractivity contribution is 6.03. The van der Waals surface area contributed by atoms with Crippen LogP contribution in [0.5, 0.6) is 5.75 Å². The van der Waals surface area contributed by atoms with Crippen molar-refractivity contribution in [3.05, 3.63) is 59.8 Å². The molecule has 1 fully saturated rings. The smallest absolute Gasteiger partial charge is 0.421 e. The van der Waals surface area contributed by atoms with Gasteiger partial charge in [-0.25, -0.2) is 4.98 Å². The third-order valence-electron chi connectivity index (χ3n) is 6.63. The zero-order valence-corrected chi connectivity index (χ0v) is 21.9. The maximum Gasteiger partial charge on any atom is 0.421 e. The van der Waals surface area contributed by atoms with Crippen molar-refractivity contribution in [2.24, 2.45) is 0 Å². The second kappa shape index (κ2) is 10.3. The Balaban J connectivity index is 1.41. The molecule has 2 aliphatic rings. The Morgan fingerprint density at radius 3 is 2.44 bits per heavy atom. The van der Waals surface area contributed by atoms with Crippen molar-refractivity contribution < 1.29 is 22.7 Å². The molecule has 0 bridgehead atoms. The summed E-state index contributed by atoms with van der Waals surface area (Å²) in [7, 11) is 2.09. The van der Waals surface area contributed by atoms with E-state index in [0.717, 1.165) is 38.1 Å². The van der Waals surface area contributed by atoms with E-state index in [1.807, 2.05) is 24.3 Å². The van der Waals surface area contributed by atoms with E-state index in [-0.39, 0.29) is 29.6 Å². The number of ether oxygens (including phenoxy) is 1. The summed E-state index contributed by atoms with van der Waals surface area (Å²) < 4.78 is 47.4. The van der Waals surface area contributed by atoms with Gasteiger partial charge >= 0.3 is 6.18 Å². The minimum absolute atomic E-state index is 0.0262. The molecule has 3 aromatic rings. The first-order valence-electron chi connectivity index (χ1n) is 12.6. The topological polar surface area (TPSA) is 94.7 Å². The maximum atomic E-state index is 13.9. The first-order chi connectivity index (χ1) is 18.5. The van der Waals surface area contributed by atoms with E-state index in [1.54, 1.807) is 26.0 Å². The van der Waals surface area contributed by atoms with E-state index in [1.165, 1.54) is 6.07 Å². The molecule has 9 nitrogen and oxygen atoms in total. The minimum atomic E-state index is -4.72. The summed E-state index contributed by atoms with van der Waals surface area (Å²) >= 11 is 0. The van der Waals surface area contributed by atoms with Gasteiger partial charge in [0.25, 0.3) is 5.91 Å². The predicted octanol–water partition coefficient (Wildman–Crippen LogP) is 4.64. The highest BCUT2D eigenvalue weighted by atomic mass is 19.4. The Labute approximate surface area is 224 Å². The second-order valence-corrected chi connectivity index (χ2v) is 10.3. The van der Waals surface area contributed by atoms with E-state index in [9.17, 15) is 18.0 Å². The zero-order chi connectivity index (χ0) is 27.8. The Morgan fingerprint density at radius 1 is 1.03 bits per heavy atom.